The van der Waals surface area contributed by atoms with E-state index in [0.29, 0.717) is 23.7 Å². The van der Waals surface area contributed by atoms with Crippen molar-refractivity contribution in [3.63, 3.8) is 0 Å². The molecule has 2 aromatic rings. The smallest absolute Gasteiger partial charge is 0.253 e. The quantitative estimate of drug-likeness (QED) is 0.883. The first-order valence-electron chi connectivity index (χ1n) is 7.06. The average molecular weight is 270 g/mol. The predicted molar refractivity (Wildman–Crippen MR) is 77.5 cm³/mol. The van der Waals surface area contributed by atoms with E-state index in [1.54, 1.807) is 18.5 Å². The van der Waals surface area contributed by atoms with Crippen LogP contribution in [0.4, 0.5) is 0 Å². The predicted octanol–water partition coefficient (Wildman–Crippen LogP) is 1.50. The van der Waals surface area contributed by atoms with Crippen LogP contribution in [-0.4, -0.2) is 35.0 Å². The zero-order chi connectivity index (χ0) is 13.8. The van der Waals surface area contributed by atoms with Gasteiger partial charge in [0.1, 0.15) is 5.52 Å². The number of benzene rings is 1. The van der Waals surface area contributed by atoms with Crippen LogP contribution in [0.5, 0.6) is 0 Å². The van der Waals surface area contributed by atoms with E-state index in [9.17, 15) is 4.79 Å². The van der Waals surface area contributed by atoms with Gasteiger partial charge in [0.15, 0.2) is 0 Å². The lowest BCUT2D eigenvalue weighted by molar-refractivity contribution is 0.0954. The number of nitrogens with zero attached hydrogens (tertiary/aromatic N) is 2. The fraction of sp³-hybridized carbons (Fsp3) is 0.400. The molecule has 1 fully saturated rings. The number of hydrogen-bond acceptors (Lipinski definition) is 4. The molecule has 0 radical (unpaired) electrons. The summed E-state index contributed by atoms with van der Waals surface area (Å²) in [5.41, 5.74) is 2.00. The molecule has 5 heteroatoms. The SMILES string of the molecule is O=C(NCC[C@H]1CCCN1)c1cccc2nccnc12. The summed E-state index contributed by atoms with van der Waals surface area (Å²) < 4.78 is 0. The molecule has 1 aromatic carbocycles. The number of nitrogens with one attached hydrogen (secondary N) is 2. The molecule has 0 unspecified atom stereocenters. The van der Waals surface area contributed by atoms with Crippen LogP contribution in [-0.2, 0) is 0 Å². The Bertz CT molecular complexity index is 602. The Morgan fingerprint density at radius 2 is 2.25 bits per heavy atom. The third-order valence-corrected chi connectivity index (χ3v) is 3.68. The number of para-hydroxylation sites is 1. The zero-order valence-corrected chi connectivity index (χ0v) is 11.3. The van der Waals surface area contributed by atoms with Gasteiger partial charge in [-0.1, -0.05) is 6.07 Å². The second-order valence-corrected chi connectivity index (χ2v) is 5.07. The molecule has 1 amide bonds. The van der Waals surface area contributed by atoms with E-state index in [2.05, 4.69) is 20.6 Å². The highest BCUT2D eigenvalue weighted by Crippen LogP contribution is 2.13. The van der Waals surface area contributed by atoms with Gasteiger partial charge in [-0.3, -0.25) is 14.8 Å². The number of carbonyl (C=O) groups excluding carboxylic acids is 1. The summed E-state index contributed by atoms with van der Waals surface area (Å²) in [5, 5.41) is 6.40. The molecule has 3 rings (SSSR count). The fourth-order valence-corrected chi connectivity index (χ4v) is 2.63. The van der Waals surface area contributed by atoms with E-state index in [4.69, 9.17) is 0 Å². The molecule has 1 aliphatic heterocycles. The van der Waals surface area contributed by atoms with Crippen LogP contribution in [0.3, 0.4) is 0 Å². The summed E-state index contributed by atoms with van der Waals surface area (Å²) in [4.78, 5) is 20.7. The van der Waals surface area contributed by atoms with Gasteiger partial charge in [0.2, 0.25) is 0 Å². The van der Waals surface area contributed by atoms with Crippen LogP contribution in [0.2, 0.25) is 0 Å². The molecule has 104 valence electrons. The summed E-state index contributed by atoms with van der Waals surface area (Å²) in [6.07, 6.45) is 6.66. The van der Waals surface area contributed by atoms with Crippen LogP contribution < -0.4 is 10.6 Å². The minimum atomic E-state index is -0.0749. The number of hydrogen-bond donors (Lipinski definition) is 2. The summed E-state index contributed by atoms with van der Waals surface area (Å²) in [5.74, 6) is -0.0749. The van der Waals surface area contributed by atoms with E-state index in [0.717, 1.165) is 18.5 Å². The lowest BCUT2D eigenvalue weighted by Crippen LogP contribution is -2.30. The second kappa shape index (κ2) is 5.96. The Kier molecular flexibility index (Phi) is 3.87. The fourth-order valence-electron chi connectivity index (χ4n) is 2.63. The standard InChI is InChI=1S/C15H18N4O/c20-15(19-8-6-11-3-2-7-16-11)12-4-1-5-13-14(12)18-10-9-17-13/h1,4-5,9-11,16H,2-3,6-8H2,(H,19,20)/t11-/m1/s1. The van der Waals surface area contributed by atoms with Gasteiger partial charge in [-0.05, 0) is 37.9 Å². The molecule has 1 aliphatic rings. The van der Waals surface area contributed by atoms with E-state index >= 15 is 0 Å². The summed E-state index contributed by atoms with van der Waals surface area (Å²) in [7, 11) is 0. The number of carbonyl (C=O) groups is 1. The van der Waals surface area contributed by atoms with Crippen molar-refractivity contribution in [3.05, 3.63) is 36.2 Å². The van der Waals surface area contributed by atoms with Crippen molar-refractivity contribution in [1.82, 2.24) is 20.6 Å². The largest absolute Gasteiger partial charge is 0.352 e. The van der Waals surface area contributed by atoms with Crippen LogP contribution in [0.15, 0.2) is 30.6 Å². The molecule has 2 heterocycles. The van der Waals surface area contributed by atoms with Crippen LogP contribution >= 0.6 is 0 Å². The maximum Gasteiger partial charge on any atom is 0.253 e. The molecule has 0 aliphatic carbocycles. The van der Waals surface area contributed by atoms with E-state index in [-0.39, 0.29) is 5.91 Å². The lowest BCUT2D eigenvalue weighted by atomic mass is 10.1. The molecule has 0 bridgehead atoms. The third-order valence-electron chi connectivity index (χ3n) is 3.68. The Labute approximate surface area is 117 Å². The highest BCUT2D eigenvalue weighted by atomic mass is 16.1. The summed E-state index contributed by atoms with van der Waals surface area (Å²) >= 11 is 0. The van der Waals surface area contributed by atoms with Crippen molar-refractivity contribution in [3.8, 4) is 0 Å². The minimum Gasteiger partial charge on any atom is -0.352 e. The van der Waals surface area contributed by atoms with Crippen molar-refractivity contribution >= 4 is 16.9 Å². The molecule has 5 nitrogen and oxygen atoms in total. The zero-order valence-electron chi connectivity index (χ0n) is 11.3. The molecule has 20 heavy (non-hydrogen) atoms. The molecular weight excluding hydrogens is 252 g/mol. The maximum atomic E-state index is 12.2. The second-order valence-electron chi connectivity index (χ2n) is 5.07. The summed E-state index contributed by atoms with van der Waals surface area (Å²) in [6.45, 7) is 1.78. The van der Waals surface area contributed by atoms with Crippen LogP contribution in [0, 0.1) is 0 Å². The first kappa shape index (κ1) is 13.0. The Balaban J connectivity index is 1.66. The average Bonchev–Trinajstić information content (AvgIpc) is 3.00. The van der Waals surface area contributed by atoms with Gasteiger partial charge < -0.3 is 10.6 Å². The van der Waals surface area contributed by atoms with E-state index in [1.807, 2.05) is 12.1 Å². The topological polar surface area (TPSA) is 66.9 Å². The van der Waals surface area contributed by atoms with Gasteiger partial charge in [0, 0.05) is 25.0 Å². The summed E-state index contributed by atoms with van der Waals surface area (Å²) in [6, 6.07) is 6.04. The number of fused-ring (bicyclic) bond motifs is 1. The van der Waals surface area contributed by atoms with E-state index < -0.39 is 0 Å². The highest BCUT2D eigenvalue weighted by Gasteiger charge is 2.15. The highest BCUT2D eigenvalue weighted by molar-refractivity contribution is 6.04. The number of amides is 1. The van der Waals surface area contributed by atoms with Crippen molar-refractivity contribution in [2.45, 2.75) is 25.3 Å². The molecule has 2 N–H and O–H groups in total. The van der Waals surface area contributed by atoms with Crippen molar-refractivity contribution < 1.29 is 4.79 Å². The van der Waals surface area contributed by atoms with Gasteiger partial charge in [-0.25, -0.2) is 0 Å². The lowest BCUT2D eigenvalue weighted by Gasteiger charge is -2.11. The monoisotopic (exact) mass is 270 g/mol. The van der Waals surface area contributed by atoms with Gasteiger partial charge in [-0.2, -0.15) is 0 Å². The Morgan fingerprint density at radius 1 is 1.35 bits per heavy atom. The van der Waals surface area contributed by atoms with Crippen molar-refractivity contribution in [1.29, 1.82) is 0 Å². The van der Waals surface area contributed by atoms with Gasteiger partial charge >= 0.3 is 0 Å². The third kappa shape index (κ3) is 2.77. The van der Waals surface area contributed by atoms with E-state index in [1.165, 1.54) is 12.8 Å². The molecule has 1 aromatic heterocycles. The van der Waals surface area contributed by atoms with Crippen molar-refractivity contribution in [2.75, 3.05) is 13.1 Å². The molecular formula is C15H18N4O. The first-order chi connectivity index (χ1) is 9.84. The molecule has 1 saturated heterocycles. The number of rotatable bonds is 4. The molecule has 0 spiro atoms. The van der Waals surface area contributed by atoms with Gasteiger partial charge in [0.05, 0.1) is 11.1 Å². The minimum absolute atomic E-state index is 0.0749. The maximum absolute atomic E-state index is 12.2. The molecule has 0 saturated carbocycles. The Hall–Kier alpha value is -2.01. The van der Waals surface area contributed by atoms with Crippen LogP contribution in [0.25, 0.3) is 11.0 Å². The normalized spacial score (nSPS) is 18.3. The first-order valence-corrected chi connectivity index (χ1v) is 7.06. The van der Waals surface area contributed by atoms with Gasteiger partial charge in [0.25, 0.3) is 5.91 Å². The van der Waals surface area contributed by atoms with Crippen molar-refractivity contribution in [2.24, 2.45) is 0 Å². The van der Waals surface area contributed by atoms with Gasteiger partial charge in [-0.15, -0.1) is 0 Å². The van der Waals surface area contributed by atoms with Crippen LogP contribution in [0.1, 0.15) is 29.6 Å². The Morgan fingerprint density at radius 3 is 3.10 bits per heavy atom. The number of aromatic nitrogens is 2. The molecule has 1 atom stereocenters.